The number of aryl methyl sites for hydroxylation is 1. The summed E-state index contributed by atoms with van der Waals surface area (Å²) in [7, 11) is 0. The quantitative estimate of drug-likeness (QED) is 0.804. The normalized spacial score (nSPS) is 13.0. The van der Waals surface area contributed by atoms with Gasteiger partial charge in [-0.2, -0.15) is 0 Å². The first-order valence-electron chi connectivity index (χ1n) is 6.81. The number of thiazole rings is 1. The Balaban J connectivity index is 1.95. The molecule has 22 heavy (non-hydrogen) atoms. The molecule has 3 heterocycles. The molecule has 0 saturated carbocycles. The molecule has 6 nitrogen and oxygen atoms in total. The van der Waals surface area contributed by atoms with Gasteiger partial charge in [-0.3, -0.25) is 4.40 Å². The Labute approximate surface area is 129 Å². The van der Waals surface area contributed by atoms with Crippen molar-refractivity contribution in [1.29, 1.82) is 0 Å². The van der Waals surface area contributed by atoms with Crippen LogP contribution in [0.2, 0.25) is 0 Å². The van der Waals surface area contributed by atoms with Crippen molar-refractivity contribution in [3.63, 3.8) is 0 Å². The van der Waals surface area contributed by atoms with Crippen LogP contribution in [0.4, 0.5) is 0 Å². The summed E-state index contributed by atoms with van der Waals surface area (Å²) in [5, 5.41) is 11.4. The lowest BCUT2D eigenvalue weighted by Gasteiger charge is -2.04. The maximum absolute atomic E-state index is 11.6. The number of imidazole rings is 1. The van der Waals surface area contributed by atoms with Crippen molar-refractivity contribution in [2.45, 2.75) is 13.3 Å². The Kier molecular flexibility index (Phi) is 2.83. The molecule has 3 aromatic rings. The van der Waals surface area contributed by atoms with E-state index in [1.165, 1.54) is 11.3 Å². The van der Waals surface area contributed by atoms with Crippen LogP contribution < -0.4 is 9.47 Å². The summed E-state index contributed by atoms with van der Waals surface area (Å²) >= 11 is 1.43. The fourth-order valence-corrected chi connectivity index (χ4v) is 3.54. The number of benzene rings is 1. The van der Waals surface area contributed by atoms with Gasteiger partial charge in [-0.15, -0.1) is 11.3 Å². The number of hydrogen-bond acceptors (Lipinski definition) is 5. The SMILES string of the molecule is CCc1nc2scc(-c3ccc4c(c3)OCO4)n2c1C(=O)O. The Morgan fingerprint density at radius 3 is 3.00 bits per heavy atom. The third-order valence-electron chi connectivity index (χ3n) is 3.64. The lowest BCUT2D eigenvalue weighted by Crippen LogP contribution is -2.05. The summed E-state index contributed by atoms with van der Waals surface area (Å²) in [5.41, 5.74) is 2.49. The molecular formula is C15H12N2O4S. The molecule has 112 valence electrons. The van der Waals surface area contributed by atoms with Crippen LogP contribution in [0.1, 0.15) is 23.1 Å². The van der Waals surface area contributed by atoms with Gasteiger partial charge in [0.1, 0.15) is 0 Å². The molecule has 7 heteroatoms. The standard InChI is InChI=1S/C15H12N2O4S/c1-2-9-13(14(18)19)17-10(6-22-15(17)16-9)8-3-4-11-12(5-8)21-7-20-11/h3-6H,2,7H2,1H3,(H,18,19). The van der Waals surface area contributed by atoms with Crippen LogP contribution in [-0.2, 0) is 6.42 Å². The van der Waals surface area contributed by atoms with Crippen LogP contribution in [0.5, 0.6) is 11.5 Å². The minimum Gasteiger partial charge on any atom is -0.477 e. The molecule has 0 bridgehead atoms. The summed E-state index contributed by atoms with van der Waals surface area (Å²) in [6.45, 7) is 2.11. The van der Waals surface area contributed by atoms with Gasteiger partial charge < -0.3 is 14.6 Å². The molecule has 0 spiro atoms. The first kappa shape index (κ1) is 13.1. The molecule has 0 fully saturated rings. The van der Waals surface area contributed by atoms with E-state index in [1.807, 2.05) is 30.5 Å². The predicted molar refractivity (Wildman–Crippen MR) is 81.0 cm³/mol. The molecule has 1 aliphatic rings. The predicted octanol–water partition coefficient (Wildman–Crippen LogP) is 3.05. The number of hydrogen-bond donors (Lipinski definition) is 1. The Morgan fingerprint density at radius 2 is 2.23 bits per heavy atom. The topological polar surface area (TPSA) is 73.1 Å². The third-order valence-corrected chi connectivity index (χ3v) is 4.47. The second-order valence-corrected chi connectivity index (χ2v) is 5.71. The lowest BCUT2D eigenvalue weighted by molar-refractivity contribution is 0.0688. The van der Waals surface area contributed by atoms with Gasteiger partial charge in [0.15, 0.2) is 22.2 Å². The molecule has 1 N–H and O–H groups in total. The van der Waals surface area contributed by atoms with Gasteiger partial charge in [0, 0.05) is 10.9 Å². The zero-order valence-corrected chi connectivity index (χ0v) is 12.5. The minimum atomic E-state index is -0.968. The van der Waals surface area contributed by atoms with Crippen molar-refractivity contribution < 1.29 is 19.4 Å². The van der Waals surface area contributed by atoms with Crippen molar-refractivity contribution in [3.8, 4) is 22.8 Å². The monoisotopic (exact) mass is 316 g/mol. The number of carbonyl (C=O) groups is 1. The molecule has 2 aromatic heterocycles. The van der Waals surface area contributed by atoms with E-state index in [2.05, 4.69) is 4.98 Å². The van der Waals surface area contributed by atoms with Crippen molar-refractivity contribution in [2.75, 3.05) is 6.79 Å². The van der Waals surface area contributed by atoms with Gasteiger partial charge in [0.05, 0.1) is 11.4 Å². The average Bonchev–Trinajstić information content (AvgIpc) is 3.19. The highest BCUT2D eigenvalue weighted by Crippen LogP contribution is 2.37. The van der Waals surface area contributed by atoms with Crippen LogP contribution in [0.15, 0.2) is 23.6 Å². The van der Waals surface area contributed by atoms with Crippen LogP contribution in [-0.4, -0.2) is 27.3 Å². The molecule has 0 saturated heterocycles. The summed E-state index contributed by atoms with van der Waals surface area (Å²) < 4.78 is 12.4. The summed E-state index contributed by atoms with van der Waals surface area (Å²) in [6, 6.07) is 5.59. The van der Waals surface area contributed by atoms with Gasteiger partial charge in [-0.1, -0.05) is 6.92 Å². The van der Waals surface area contributed by atoms with E-state index in [0.29, 0.717) is 28.6 Å². The molecule has 0 unspecified atom stereocenters. The summed E-state index contributed by atoms with van der Waals surface area (Å²) in [5.74, 6) is 0.405. The number of aromatic nitrogens is 2. The molecule has 0 aliphatic carbocycles. The van der Waals surface area contributed by atoms with E-state index >= 15 is 0 Å². The number of carboxylic acids is 1. The van der Waals surface area contributed by atoms with Gasteiger partial charge in [0.25, 0.3) is 0 Å². The van der Waals surface area contributed by atoms with Crippen molar-refractivity contribution in [2.24, 2.45) is 0 Å². The highest BCUT2D eigenvalue weighted by molar-refractivity contribution is 7.15. The number of ether oxygens (including phenoxy) is 2. The van der Waals surface area contributed by atoms with E-state index < -0.39 is 5.97 Å². The minimum absolute atomic E-state index is 0.212. The highest BCUT2D eigenvalue weighted by atomic mass is 32.1. The van der Waals surface area contributed by atoms with Crippen molar-refractivity contribution in [3.05, 3.63) is 35.0 Å². The summed E-state index contributed by atoms with van der Waals surface area (Å²) in [4.78, 5) is 16.7. The first-order chi connectivity index (χ1) is 10.7. The molecule has 1 aromatic carbocycles. The number of aromatic carboxylic acids is 1. The fraction of sp³-hybridized carbons (Fsp3) is 0.200. The van der Waals surface area contributed by atoms with Crippen LogP contribution in [0.3, 0.4) is 0 Å². The van der Waals surface area contributed by atoms with Gasteiger partial charge in [-0.05, 0) is 24.6 Å². The molecule has 0 amide bonds. The van der Waals surface area contributed by atoms with Crippen molar-refractivity contribution in [1.82, 2.24) is 9.38 Å². The summed E-state index contributed by atoms with van der Waals surface area (Å²) in [6.07, 6.45) is 0.580. The van der Waals surface area contributed by atoms with Crippen LogP contribution in [0.25, 0.3) is 16.2 Å². The van der Waals surface area contributed by atoms with E-state index in [4.69, 9.17) is 9.47 Å². The Bertz CT molecular complexity index is 896. The number of nitrogens with zero attached hydrogens (tertiary/aromatic N) is 2. The molecule has 0 radical (unpaired) electrons. The number of carboxylic acid groups (broad SMARTS) is 1. The molecule has 0 atom stereocenters. The third kappa shape index (κ3) is 1.79. The number of rotatable bonds is 3. The van der Waals surface area contributed by atoms with E-state index in [1.54, 1.807) is 4.40 Å². The maximum Gasteiger partial charge on any atom is 0.354 e. The van der Waals surface area contributed by atoms with Crippen LogP contribution in [0, 0.1) is 0 Å². The van der Waals surface area contributed by atoms with Crippen molar-refractivity contribution >= 4 is 22.3 Å². The smallest absolute Gasteiger partial charge is 0.354 e. The van der Waals surface area contributed by atoms with Crippen LogP contribution >= 0.6 is 11.3 Å². The molecule has 1 aliphatic heterocycles. The maximum atomic E-state index is 11.6. The second kappa shape index (κ2) is 4.74. The van der Waals surface area contributed by atoms with Gasteiger partial charge >= 0.3 is 5.97 Å². The van der Waals surface area contributed by atoms with Gasteiger partial charge in [0.2, 0.25) is 6.79 Å². The number of fused-ring (bicyclic) bond motifs is 2. The Morgan fingerprint density at radius 1 is 1.41 bits per heavy atom. The van der Waals surface area contributed by atoms with E-state index in [9.17, 15) is 9.90 Å². The first-order valence-corrected chi connectivity index (χ1v) is 7.69. The van der Waals surface area contributed by atoms with E-state index in [0.717, 1.165) is 11.3 Å². The highest BCUT2D eigenvalue weighted by Gasteiger charge is 2.22. The zero-order valence-electron chi connectivity index (χ0n) is 11.7. The van der Waals surface area contributed by atoms with E-state index in [-0.39, 0.29) is 12.5 Å². The average molecular weight is 316 g/mol. The molecule has 4 rings (SSSR count). The lowest BCUT2D eigenvalue weighted by atomic mass is 10.1. The largest absolute Gasteiger partial charge is 0.477 e. The van der Waals surface area contributed by atoms with Gasteiger partial charge in [-0.25, -0.2) is 9.78 Å². The fourth-order valence-electron chi connectivity index (χ4n) is 2.63. The zero-order chi connectivity index (χ0) is 15.3. The molecular weight excluding hydrogens is 304 g/mol. The Hall–Kier alpha value is -2.54. The second-order valence-electron chi connectivity index (χ2n) is 4.87.